The van der Waals surface area contributed by atoms with Crippen molar-refractivity contribution in [3.8, 4) is 11.7 Å². The Morgan fingerprint density at radius 1 is 1.17 bits per heavy atom. The van der Waals surface area contributed by atoms with Gasteiger partial charge in [0.25, 0.3) is 5.89 Å². The number of rotatable bonds is 8. The average molecular weight is 408 g/mol. The monoisotopic (exact) mass is 408 g/mol. The molecule has 3 aromatic rings. The van der Waals surface area contributed by atoms with Gasteiger partial charge in [-0.1, -0.05) is 19.1 Å². The van der Waals surface area contributed by atoms with Crippen molar-refractivity contribution in [1.82, 2.24) is 15.1 Å². The quantitative estimate of drug-likeness (QED) is 0.601. The van der Waals surface area contributed by atoms with Crippen LogP contribution in [0.15, 0.2) is 51.5 Å². The van der Waals surface area contributed by atoms with Crippen molar-refractivity contribution in [2.45, 2.75) is 26.1 Å². The summed E-state index contributed by atoms with van der Waals surface area (Å²) < 4.78 is 50.0. The molecule has 1 N–H and O–H groups in total. The van der Waals surface area contributed by atoms with Crippen LogP contribution in [0.3, 0.4) is 0 Å². The van der Waals surface area contributed by atoms with E-state index in [0.29, 0.717) is 12.3 Å². The Morgan fingerprint density at radius 2 is 1.97 bits per heavy atom. The van der Waals surface area contributed by atoms with E-state index in [2.05, 4.69) is 15.5 Å². The van der Waals surface area contributed by atoms with Crippen molar-refractivity contribution in [2.75, 3.05) is 18.4 Å². The number of carbonyl (C=O) groups excluding carboxylic acids is 1. The SMILES string of the molecule is CCCN(CC(=O)Nc1ccccc1C(F)(F)F)Cc1nnc(-c2ccco2)o1. The van der Waals surface area contributed by atoms with Crippen LogP contribution < -0.4 is 5.32 Å². The molecule has 0 radical (unpaired) electrons. The lowest BCUT2D eigenvalue weighted by atomic mass is 10.1. The number of amides is 1. The minimum atomic E-state index is -4.56. The molecule has 0 aliphatic heterocycles. The molecule has 29 heavy (non-hydrogen) atoms. The summed E-state index contributed by atoms with van der Waals surface area (Å²) in [4.78, 5) is 14.1. The minimum Gasteiger partial charge on any atom is -0.459 e. The lowest BCUT2D eigenvalue weighted by Crippen LogP contribution is -2.34. The number of hydrogen-bond donors (Lipinski definition) is 1. The van der Waals surface area contributed by atoms with Crippen LogP contribution >= 0.6 is 0 Å². The zero-order valence-electron chi connectivity index (χ0n) is 15.6. The number of nitrogens with one attached hydrogen (secondary N) is 1. The molecule has 0 saturated heterocycles. The first-order valence-electron chi connectivity index (χ1n) is 8.91. The lowest BCUT2D eigenvalue weighted by Gasteiger charge is -2.20. The second-order valence-electron chi connectivity index (χ2n) is 6.28. The van der Waals surface area contributed by atoms with Crippen molar-refractivity contribution in [1.29, 1.82) is 0 Å². The minimum absolute atomic E-state index is 0.126. The summed E-state index contributed by atoms with van der Waals surface area (Å²) in [6.07, 6.45) is -2.35. The van der Waals surface area contributed by atoms with Crippen LogP contribution in [-0.4, -0.2) is 34.1 Å². The van der Waals surface area contributed by atoms with Gasteiger partial charge in [0.1, 0.15) is 0 Å². The van der Waals surface area contributed by atoms with E-state index < -0.39 is 17.6 Å². The van der Waals surface area contributed by atoms with Crippen LogP contribution in [0, 0.1) is 0 Å². The van der Waals surface area contributed by atoms with Crippen molar-refractivity contribution in [3.63, 3.8) is 0 Å². The Labute approximate surface area is 164 Å². The van der Waals surface area contributed by atoms with Crippen LogP contribution in [0.2, 0.25) is 0 Å². The molecule has 0 aliphatic carbocycles. The first-order valence-corrected chi connectivity index (χ1v) is 8.91. The highest BCUT2D eigenvalue weighted by Crippen LogP contribution is 2.34. The van der Waals surface area contributed by atoms with Crippen LogP contribution in [0.5, 0.6) is 0 Å². The maximum Gasteiger partial charge on any atom is 0.418 e. The summed E-state index contributed by atoms with van der Waals surface area (Å²) in [6.45, 7) is 2.49. The van der Waals surface area contributed by atoms with E-state index in [1.54, 1.807) is 17.0 Å². The number of carbonyl (C=O) groups is 1. The van der Waals surface area contributed by atoms with Gasteiger partial charge in [-0.2, -0.15) is 13.2 Å². The van der Waals surface area contributed by atoms with Gasteiger partial charge in [0.05, 0.1) is 30.6 Å². The molecule has 10 heteroatoms. The Balaban J connectivity index is 1.66. The van der Waals surface area contributed by atoms with E-state index in [4.69, 9.17) is 8.83 Å². The summed E-state index contributed by atoms with van der Waals surface area (Å²) in [5.41, 5.74) is -1.17. The summed E-state index contributed by atoms with van der Waals surface area (Å²) in [6, 6.07) is 8.21. The van der Waals surface area contributed by atoms with Crippen LogP contribution in [-0.2, 0) is 17.5 Å². The third-order valence-electron chi connectivity index (χ3n) is 3.97. The maximum absolute atomic E-state index is 13.1. The summed E-state index contributed by atoms with van der Waals surface area (Å²) in [5, 5.41) is 10.2. The van der Waals surface area contributed by atoms with E-state index in [9.17, 15) is 18.0 Å². The predicted molar refractivity (Wildman–Crippen MR) is 97.6 cm³/mol. The number of hydrogen-bond acceptors (Lipinski definition) is 6. The van der Waals surface area contributed by atoms with Gasteiger partial charge >= 0.3 is 6.18 Å². The predicted octanol–water partition coefficient (Wildman–Crippen LogP) is 4.20. The number of benzene rings is 1. The van der Waals surface area contributed by atoms with E-state index in [1.165, 1.54) is 24.5 Å². The Morgan fingerprint density at radius 3 is 2.66 bits per heavy atom. The second-order valence-corrected chi connectivity index (χ2v) is 6.28. The molecule has 1 aromatic carbocycles. The molecular formula is C19H19F3N4O3. The molecule has 0 aliphatic rings. The Hall–Kier alpha value is -3.14. The standard InChI is InChI=1S/C19H19F3N4O3/c1-2-9-26(12-17-24-25-18(29-17)15-8-5-10-28-15)11-16(27)23-14-7-4-3-6-13(14)19(20,21)22/h3-8,10H,2,9,11-12H2,1H3,(H,23,27). The molecular weight excluding hydrogens is 389 g/mol. The first kappa shape index (κ1) is 20.6. The molecule has 0 atom stereocenters. The topological polar surface area (TPSA) is 84.4 Å². The van der Waals surface area contributed by atoms with Gasteiger partial charge < -0.3 is 14.2 Å². The highest BCUT2D eigenvalue weighted by Gasteiger charge is 2.33. The van der Waals surface area contributed by atoms with Crippen molar-refractivity contribution in [3.05, 3.63) is 54.1 Å². The molecule has 0 saturated carbocycles. The molecule has 1 amide bonds. The number of para-hydroxylation sites is 1. The largest absolute Gasteiger partial charge is 0.459 e. The van der Waals surface area contributed by atoms with Gasteiger partial charge in [-0.3, -0.25) is 9.69 Å². The highest BCUT2D eigenvalue weighted by atomic mass is 19.4. The van der Waals surface area contributed by atoms with E-state index >= 15 is 0 Å². The third-order valence-corrected chi connectivity index (χ3v) is 3.97. The van der Waals surface area contributed by atoms with E-state index in [0.717, 1.165) is 12.5 Å². The van der Waals surface area contributed by atoms with Gasteiger partial charge in [0.2, 0.25) is 11.8 Å². The summed E-state index contributed by atoms with van der Waals surface area (Å²) in [7, 11) is 0. The fourth-order valence-corrected chi connectivity index (χ4v) is 2.77. The van der Waals surface area contributed by atoms with Gasteiger partial charge in [-0.25, -0.2) is 0 Å². The molecule has 0 unspecified atom stereocenters. The number of aromatic nitrogens is 2. The van der Waals surface area contributed by atoms with Crippen LogP contribution in [0.25, 0.3) is 11.7 Å². The number of alkyl halides is 3. The van der Waals surface area contributed by atoms with Crippen molar-refractivity contribution < 1.29 is 26.8 Å². The molecule has 0 fully saturated rings. The molecule has 3 rings (SSSR count). The number of furan rings is 1. The Bertz CT molecular complexity index is 938. The third kappa shape index (κ3) is 5.44. The molecule has 7 nitrogen and oxygen atoms in total. The lowest BCUT2D eigenvalue weighted by molar-refractivity contribution is -0.137. The fraction of sp³-hybridized carbons (Fsp3) is 0.316. The molecule has 0 bridgehead atoms. The molecule has 0 spiro atoms. The molecule has 154 valence electrons. The van der Waals surface area contributed by atoms with Gasteiger partial charge in [-0.15, -0.1) is 10.2 Å². The fourth-order valence-electron chi connectivity index (χ4n) is 2.77. The van der Waals surface area contributed by atoms with Crippen molar-refractivity contribution >= 4 is 11.6 Å². The summed E-state index contributed by atoms with van der Waals surface area (Å²) >= 11 is 0. The van der Waals surface area contributed by atoms with E-state index in [1.807, 2.05) is 6.92 Å². The zero-order valence-corrected chi connectivity index (χ0v) is 15.6. The highest BCUT2D eigenvalue weighted by molar-refractivity contribution is 5.93. The summed E-state index contributed by atoms with van der Waals surface area (Å²) in [5.74, 6) is 0.339. The van der Waals surface area contributed by atoms with Gasteiger partial charge in [0, 0.05) is 0 Å². The van der Waals surface area contributed by atoms with Crippen LogP contribution in [0.1, 0.15) is 24.8 Å². The van der Waals surface area contributed by atoms with Crippen LogP contribution in [0.4, 0.5) is 18.9 Å². The molecule has 2 aromatic heterocycles. The maximum atomic E-state index is 13.1. The van der Waals surface area contributed by atoms with Gasteiger partial charge in [0.15, 0.2) is 5.76 Å². The number of nitrogens with zero attached hydrogens (tertiary/aromatic N) is 3. The molecule has 2 heterocycles. The number of halogens is 3. The van der Waals surface area contributed by atoms with Crippen molar-refractivity contribution in [2.24, 2.45) is 0 Å². The zero-order chi connectivity index (χ0) is 20.9. The number of anilines is 1. The Kier molecular flexibility index (Phi) is 6.32. The second kappa shape index (κ2) is 8.91. The average Bonchev–Trinajstić information content (AvgIpc) is 3.33. The van der Waals surface area contributed by atoms with E-state index in [-0.39, 0.29) is 30.6 Å². The smallest absolute Gasteiger partial charge is 0.418 e. The van der Waals surface area contributed by atoms with Gasteiger partial charge in [-0.05, 0) is 37.2 Å². The first-order chi connectivity index (χ1) is 13.9. The normalized spacial score (nSPS) is 11.8.